The maximum atomic E-state index is 10.3. The van der Waals surface area contributed by atoms with Crippen molar-refractivity contribution < 1.29 is 5.11 Å². The van der Waals surface area contributed by atoms with Crippen molar-refractivity contribution in [3.63, 3.8) is 0 Å². The van der Waals surface area contributed by atoms with Gasteiger partial charge in [0.05, 0.1) is 19.2 Å². The molecule has 0 fully saturated rings. The molecule has 2 aromatic rings. The van der Waals surface area contributed by atoms with Crippen LogP contribution in [-0.4, -0.2) is 114 Å². The summed E-state index contributed by atoms with van der Waals surface area (Å²) in [5.41, 5.74) is 0. The van der Waals surface area contributed by atoms with Gasteiger partial charge in [0, 0.05) is 24.6 Å². The van der Waals surface area contributed by atoms with Crippen molar-refractivity contribution in [3.8, 4) is 0 Å². The third kappa shape index (κ3) is 7.15. The van der Waals surface area contributed by atoms with Gasteiger partial charge in [-0.3, -0.25) is 0 Å². The maximum absolute atomic E-state index is 10.3. The summed E-state index contributed by atoms with van der Waals surface area (Å²) in [4.78, 5) is 4.14. The lowest BCUT2D eigenvalue weighted by atomic mass is 10.5. The fourth-order valence-electron chi connectivity index (χ4n) is 1.86. The number of hydrogen-bond acceptors (Lipinski definition) is 11. The van der Waals surface area contributed by atoms with Crippen LogP contribution in [0.4, 0.5) is 0 Å². The van der Waals surface area contributed by atoms with Gasteiger partial charge in [0.25, 0.3) is 0 Å². The summed E-state index contributed by atoms with van der Waals surface area (Å²) in [5, 5.41) is 35.1. The lowest BCUT2D eigenvalue weighted by molar-refractivity contribution is 0.224. The third-order valence-electron chi connectivity index (χ3n) is 3.33. The highest BCUT2D eigenvalue weighted by Gasteiger charge is 2.14. The zero-order valence-electron chi connectivity index (χ0n) is 15.6. The van der Waals surface area contributed by atoms with Crippen LogP contribution in [0, 0.1) is 0 Å². The monoisotopic (exact) mass is 402 g/mol. The molecule has 2 rings (SSSR count). The van der Waals surface area contributed by atoms with E-state index in [0.717, 1.165) is 13.1 Å². The highest BCUT2D eigenvalue weighted by atomic mass is 32.2. The molecule has 0 atom stereocenters. The summed E-state index contributed by atoms with van der Waals surface area (Å²) in [6.07, 6.45) is -0.511. The van der Waals surface area contributed by atoms with Gasteiger partial charge in [0.15, 0.2) is 0 Å². The average Bonchev–Trinajstić information content (AvgIpc) is 3.23. The Morgan fingerprint density at radius 2 is 1.27 bits per heavy atom. The number of nitrogens with zero attached hydrogens (tertiary/aromatic N) is 10. The van der Waals surface area contributed by atoms with Crippen LogP contribution >= 0.6 is 23.5 Å². The second-order valence-corrected chi connectivity index (χ2v) is 8.23. The van der Waals surface area contributed by atoms with Crippen LogP contribution in [0.25, 0.3) is 0 Å². The Morgan fingerprint density at radius 1 is 0.846 bits per heavy atom. The summed E-state index contributed by atoms with van der Waals surface area (Å²) >= 11 is 2.90. The molecule has 13 heteroatoms. The number of aliphatic hydroxyl groups excluding tert-OH is 1. The van der Waals surface area contributed by atoms with Crippen LogP contribution in [0.15, 0.2) is 10.3 Å². The van der Waals surface area contributed by atoms with Gasteiger partial charge in [-0.1, -0.05) is 23.5 Å². The van der Waals surface area contributed by atoms with Gasteiger partial charge in [-0.2, -0.15) is 0 Å². The molecule has 0 aliphatic heterocycles. The number of aliphatic hydroxyl groups is 1. The Bertz CT molecular complexity index is 592. The van der Waals surface area contributed by atoms with Gasteiger partial charge in [-0.25, -0.2) is 9.36 Å². The third-order valence-corrected chi connectivity index (χ3v) is 5.53. The molecule has 0 radical (unpaired) electrons. The minimum absolute atomic E-state index is 0.509. The summed E-state index contributed by atoms with van der Waals surface area (Å²) in [7, 11) is 8.02. The van der Waals surface area contributed by atoms with Crippen molar-refractivity contribution in [3.05, 3.63) is 0 Å². The van der Waals surface area contributed by atoms with E-state index >= 15 is 0 Å². The Labute approximate surface area is 161 Å². The van der Waals surface area contributed by atoms with Crippen LogP contribution in [0.2, 0.25) is 0 Å². The number of likely N-dealkylation sites (N-methyl/N-ethyl adjacent to an activating group) is 2. The standard InChI is InChI=1S/C13H26N10OS2/c1-20(2)5-7-22-12(14-16-18-22)25-9-11(24)10-26-13-15-17-19-23(13)8-6-21(3)4/h11,24H,5-10H2,1-4H3. The van der Waals surface area contributed by atoms with Gasteiger partial charge in [-0.15, -0.1) is 10.2 Å². The molecule has 11 nitrogen and oxygen atoms in total. The fraction of sp³-hybridized carbons (Fsp3) is 0.846. The molecule has 0 unspecified atom stereocenters. The molecule has 0 aliphatic carbocycles. The number of hydrogen-bond donors (Lipinski definition) is 1. The van der Waals surface area contributed by atoms with E-state index in [9.17, 15) is 5.11 Å². The first kappa shape index (κ1) is 21.0. The van der Waals surface area contributed by atoms with E-state index in [-0.39, 0.29) is 0 Å². The lowest BCUT2D eigenvalue weighted by Gasteiger charge is -2.12. The van der Waals surface area contributed by atoms with Crippen LogP contribution in [0.5, 0.6) is 0 Å². The van der Waals surface area contributed by atoms with E-state index in [2.05, 4.69) is 40.9 Å². The Balaban J connectivity index is 1.75. The molecule has 0 amide bonds. The topological polar surface area (TPSA) is 114 Å². The largest absolute Gasteiger partial charge is 0.391 e. The van der Waals surface area contributed by atoms with Gasteiger partial charge in [-0.05, 0) is 49.0 Å². The quantitative estimate of drug-likeness (QED) is 0.442. The van der Waals surface area contributed by atoms with Crippen molar-refractivity contribution in [1.29, 1.82) is 0 Å². The summed E-state index contributed by atoms with van der Waals surface area (Å²) in [5.74, 6) is 1.02. The lowest BCUT2D eigenvalue weighted by Crippen LogP contribution is -2.20. The summed E-state index contributed by atoms with van der Waals surface area (Å²) in [6.45, 7) is 3.14. The average molecular weight is 403 g/mol. The molecule has 2 heterocycles. The first-order valence-corrected chi connectivity index (χ1v) is 10.2. The molecule has 1 N–H and O–H groups in total. The molecule has 0 saturated carbocycles. The molecule has 0 saturated heterocycles. The summed E-state index contributed by atoms with van der Waals surface area (Å²) < 4.78 is 3.51. The second-order valence-electron chi connectivity index (χ2n) is 6.25. The molecule has 0 bridgehead atoms. The molecule has 26 heavy (non-hydrogen) atoms. The maximum Gasteiger partial charge on any atom is 0.209 e. The van der Waals surface area contributed by atoms with Crippen molar-refractivity contribution in [2.24, 2.45) is 0 Å². The molecule has 0 spiro atoms. The predicted molar refractivity (Wildman–Crippen MR) is 100 cm³/mol. The molecule has 0 aliphatic rings. The van der Waals surface area contributed by atoms with Crippen LogP contribution in [0.3, 0.4) is 0 Å². The molecule has 2 aromatic heterocycles. The minimum atomic E-state index is -0.511. The number of aromatic nitrogens is 8. The number of tetrazole rings is 2. The second kappa shape index (κ2) is 10.8. The zero-order chi connectivity index (χ0) is 18.9. The van der Waals surface area contributed by atoms with E-state index in [1.807, 2.05) is 28.2 Å². The smallest absolute Gasteiger partial charge is 0.209 e. The molecular weight excluding hydrogens is 376 g/mol. The number of thioether (sulfide) groups is 2. The van der Waals surface area contributed by atoms with E-state index in [4.69, 9.17) is 0 Å². The van der Waals surface area contributed by atoms with Crippen molar-refractivity contribution >= 4 is 23.5 Å². The van der Waals surface area contributed by atoms with Crippen LogP contribution in [0.1, 0.15) is 0 Å². The Hall–Kier alpha value is -1.28. The van der Waals surface area contributed by atoms with E-state index < -0.39 is 6.10 Å². The summed E-state index contributed by atoms with van der Waals surface area (Å²) in [6, 6.07) is 0. The fourth-order valence-corrected chi connectivity index (χ4v) is 3.67. The van der Waals surface area contributed by atoms with Crippen molar-refractivity contribution in [1.82, 2.24) is 50.2 Å². The minimum Gasteiger partial charge on any atom is -0.391 e. The van der Waals surface area contributed by atoms with Gasteiger partial charge >= 0.3 is 0 Å². The zero-order valence-corrected chi connectivity index (χ0v) is 17.2. The molecular formula is C13H26N10OS2. The Morgan fingerprint density at radius 3 is 1.65 bits per heavy atom. The van der Waals surface area contributed by atoms with E-state index in [1.165, 1.54) is 23.5 Å². The highest BCUT2D eigenvalue weighted by Crippen LogP contribution is 2.19. The first-order valence-electron chi connectivity index (χ1n) is 8.21. The van der Waals surface area contributed by atoms with Gasteiger partial charge in [0.1, 0.15) is 0 Å². The highest BCUT2D eigenvalue weighted by molar-refractivity contribution is 8.00. The van der Waals surface area contributed by atoms with Gasteiger partial charge < -0.3 is 14.9 Å². The van der Waals surface area contributed by atoms with E-state index in [0.29, 0.717) is 34.9 Å². The van der Waals surface area contributed by atoms with E-state index in [1.54, 1.807) is 9.36 Å². The predicted octanol–water partition coefficient (Wildman–Crippen LogP) is -0.972. The normalized spacial score (nSPS) is 12.0. The van der Waals surface area contributed by atoms with Crippen LogP contribution < -0.4 is 0 Å². The molecule has 146 valence electrons. The number of rotatable bonds is 12. The van der Waals surface area contributed by atoms with Crippen molar-refractivity contribution in [2.75, 3.05) is 52.8 Å². The molecule has 0 aromatic carbocycles. The first-order chi connectivity index (χ1) is 12.5. The van der Waals surface area contributed by atoms with Crippen molar-refractivity contribution in [2.45, 2.75) is 29.5 Å². The SMILES string of the molecule is CN(C)CCn1nnnc1SCC(O)CSc1nnnn1CCN(C)C. The Kier molecular flexibility index (Phi) is 8.71. The van der Waals surface area contributed by atoms with Gasteiger partial charge in [0.2, 0.25) is 10.3 Å². The van der Waals surface area contributed by atoms with Crippen LogP contribution in [-0.2, 0) is 13.1 Å².